The second kappa shape index (κ2) is 4.95. The Bertz CT molecular complexity index is 554. The third-order valence-corrected chi connectivity index (χ3v) is 2.63. The van der Waals surface area contributed by atoms with Crippen molar-refractivity contribution in [1.29, 1.82) is 0 Å². The molecule has 3 N–H and O–H groups in total. The Morgan fingerprint density at radius 1 is 1.22 bits per heavy atom. The van der Waals surface area contributed by atoms with E-state index in [1.165, 1.54) is 14.2 Å². The zero-order chi connectivity index (χ0) is 13.1. The molecule has 0 amide bonds. The summed E-state index contributed by atoms with van der Waals surface area (Å²) in [6.45, 7) is -0.620. The molecule has 6 heteroatoms. The van der Waals surface area contributed by atoms with Gasteiger partial charge in [-0.2, -0.15) is 5.10 Å². The number of benzene rings is 1. The molecule has 2 aromatic rings. The van der Waals surface area contributed by atoms with Crippen molar-refractivity contribution in [2.45, 2.75) is 6.67 Å². The predicted molar refractivity (Wildman–Crippen MR) is 66.4 cm³/mol. The van der Waals surface area contributed by atoms with Crippen LogP contribution in [0.4, 0.5) is 10.2 Å². The molecule has 1 aromatic carbocycles. The minimum absolute atomic E-state index is 0.376. The summed E-state index contributed by atoms with van der Waals surface area (Å²) >= 11 is 0. The van der Waals surface area contributed by atoms with Gasteiger partial charge in [-0.05, 0) is 12.1 Å². The lowest BCUT2D eigenvalue weighted by Gasteiger charge is -2.12. The van der Waals surface area contributed by atoms with E-state index in [1.54, 1.807) is 18.2 Å². The lowest BCUT2D eigenvalue weighted by atomic mass is 10.1. The number of hydrogen-bond acceptors (Lipinski definition) is 4. The van der Waals surface area contributed by atoms with Gasteiger partial charge in [-0.1, -0.05) is 0 Å². The van der Waals surface area contributed by atoms with Gasteiger partial charge in [-0.3, -0.25) is 5.10 Å². The van der Waals surface area contributed by atoms with Gasteiger partial charge < -0.3 is 15.2 Å². The van der Waals surface area contributed by atoms with Crippen molar-refractivity contribution in [1.82, 2.24) is 10.2 Å². The van der Waals surface area contributed by atoms with E-state index in [-0.39, 0.29) is 0 Å². The first-order chi connectivity index (χ1) is 8.69. The van der Waals surface area contributed by atoms with Gasteiger partial charge in [-0.25, -0.2) is 4.39 Å². The Morgan fingerprint density at radius 2 is 1.94 bits per heavy atom. The zero-order valence-corrected chi connectivity index (χ0v) is 10.2. The van der Waals surface area contributed by atoms with E-state index in [4.69, 9.17) is 15.2 Å². The van der Waals surface area contributed by atoms with Crippen molar-refractivity contribution >= 4 is 5.82 Å². The van der Waals surface area contributed by atoms with Gasteiger partial charge in [0.1, 0.15) is 24.0 Å². The van der Waals surface area contributed by atoms with Crippen LogP contribution in [0.25, 0.3) is 11.3 Å². The number of H-pyrrole nitrogens is 1. The molecule has 1 heterocycles. The Hall–Kier alpha value is -2.24. The number of ether oxygens (including phenoxy) is 2. The molecule has 18 heavy (non-hydrogen) atoms. The Labute approximate surface area is 104 Å². The van der Waals surface area contributed by atoms with E-state index in [1.807, 2.05) is 0 Å². The molecule has 0 aliphatic rings. The maximum Gasteiger partial charge on any atom is 0.145 e. The fourth-order valence-corrected chi connectivity index (χ4v) is 1.75. The Balaban J connectivity index is 2.58. The average Bonchev–Trinajstić information content (AvgIpc) is 2.83. The summed E-state index contributed by atoms with van der Waals surface area (Å²) in [7, 11) is 3.01. The van der Waals surface area contributed by atoms with Gasteiger partial charge in [0.15, 0.2) is 0 Å². The van der Waals surface area contributed by atoms with Crippen molar-refractivity contribution in [3.63, 3.8) is 0 Å². The number of nitrogens with two attached hydrogens (primary N) is 1. The normalized spacial score (nSPS) is 10.4. The summed E-state index contributed by atoms with van der Waals surface area (Å²) in [6.07, 6.45) is 0. The SMILES string of the molecule is COc1cc(-c2cc(N)n[nH]2)c(OC)cc1CF. The van der Waals surface area contributed by atoms with Gasteiger partial charge in [-0.15, -0.1) is 0 Å². The number of aromatic nitrogens is 2. The predicted octanol–water partition coefficient (Wildman–Crippen LogP) is 2.15. The molecule has 2 rings (SSSR count). The number of halogens is 1. The van der Waals surface area contributed by atoms with Gasteiger partial charge in [0.05, 0.1) is 19.9 Å². The lowest BCUT2D eigenvalue weighted by Crippen LogP contribution is -1.95. The van der Waals surface area contributed by atoms with Crippen LogP contribution in [0.2, 0.25) is 0 Å². The highest BCUT2D eigenvalue weighted by Crippen LogP contribution is 2.36. The quantitative estimate of drug-likeness (QED) is 0.873. The molecule has 1 aromatic heterocycles. The number of rotatable bonds is 4. The van der Waals surface area contributed by atoms with Crippen LogP contribution in [0.15, 0.2) is 18.2 Å². The van der Waals surface area contributed by atoms with E-state index >= 15 is 0 Å². The first kappa shape index (κ1) is 12.2. The molecule has 0 aliphatic heterocycles. The number of hydrogen-bond donors (Lipinski definition) is 2. The van der Waals surface area contributed by atoms with E-state index < -0.39 is 6.67 Å². The molecular formula is C12H14FN3O2. The van der Waals surface area contributed by atoms with Crippen molar-refractivity contribution < 1.29 is 13.9 Å². The summed E-state index contributed by atoms with van der Waals surface area (Å²) in [6, 6.07) is 4.97. The highest BCUT2D eigenvalue weighted by atomic mass is 19.1. The zero-order valence-electron chi connectivity index (χ0n) is 10.2. The first-order valence-electron chi connectivity index (χ1n) is 5.31. The molecule has 0 atom stereocenters. The third-order valence-electron chi connectivity index (χ3n) is 2.63. The van der Waals surface area contributed by atoms with Crippen molar-refractivity contribution in [2.75, 3.05) is 20.0 Å². The smallest absolute Gasteiger partial charge is 0.145 e. The van der Waals surface area contributed by atoms with Crippen LogP contribution < -0.4 is 15.2 Å². The van der Waals surface area contributed by atoms with Gasteiger partial charge in [0, 0.05) is 17.2 Å². The molecule has 0 saturated carbocycles. The Kier molecular flexibility index (Phi) is 3.36. The number of nitrogens with one attached hydrogen (secondary N) is 1. The second-order valence-corrected chi connectivity index (χ2v) is 3.70. The lowest BCUT2D eigenvalue weighted by molar-refractivity contribution is 0.386. The summed E-state index contributed by atoms with van der Waals surface area (Å²) in [5.41, 5.74) is 7.40. The summed E-state index contributed by atoms with van der Waals surface area (Å²) in [5.74, 6) is 1.37. The molecule has 0 spiro atoms. The van der Waals surface area contributed by atoms with Crippen LogP contribution in [-0.2, 0) is 6.67 Å². The van der Waals surface area contributed by atoms with Crippen LogP contribution in [0.3, 0.4) is 0 Å². The van der Waals surface area contributed by atoms with Gasteiger partial charge in [0.2, 0.25) is 0 Å². The van der Waals surface area contributed by atoms with E-state index in [2.05, 4.69) is 10.2 Å². The number of nitrogen functional groups attached to an aromatic ring is 1. The maximum atomic E-state index is 12.9. The number of aromatic amines is 1. The van der Waals surface area contributed by atoms with Crippen LogP contribution >= 0.6 is 0 Å². The summed E-state index contributed by atoms with van der Waals surface area (Å²) in [5, 5.41) is 6.63. The first-order valence-corrected chi connectivity index (χ1v) is 5.31. The van der Waals surface area contributed by atoms with Crippen LogP contribution in [0.1, 0.15) is 5.56 Å². The fourth-order valence-electron chi connectivity index (χ4n) is 1.75. The summed E-state index contributed by atoms with van der Waals surface area (Å²) in [4.78, 5) is 0. The molecule has 0 radical (unpaired) electrons. The highest BCUT2D eigenvalue weighted by Gasteiger charge is 2.14. The molecular weight excluding hydrogens is 237 g/mol. The topological polar surface area (TPSA) is 73.2 Å². The third kappa shape index (κ3) is 2.09. The Morgan fingerprint density at radius 3 is 2.44 bits per heavy atom. The standard InChI is InChI=1S/C12H14FN3O2/c1-17-10-4-8(9-5-12(14)16-15-9)11(18-2)3-7(10)6-13/h3-5H,6H2,1-2H3,(H3,14,15,16). The minimum Gasteiger partial charge on any atom is -0.496 e. The van der Waals surface area contributed by atoms with Crippen LogP contribution in [0, 0.1) is 0 Å². The fraction of sp³-hybridized carbons (Fsp3) is 0.250. The molecule has 0 aliphatic carbocycles. The van der Waals surface area contributed by atoms with E-state index in [0.717, 1.165) is 5.56 Å². The van der Waals surface area contributed by atoms with E-state index in [0.29, 0.717) is 28.6 Å². The summed E-state index contributed by atoms with van der Waals surface area (Å²) < 4.78 is 23.2. The molecule has 0 unspecified atom stereocenters. The van der Waals surface area contributed by atoms with Gasteiger partial charge >= 0.3 is 0 Å². The largest absolute Gasteiger partial charge is 0.496 e. The van der Waals surface area contributed by atoms with Crippen molar-refractivity contribution in [3.8, 4) is 22.8 Å². The monoisotopic (exact) mass is 251 g/mol. The number of alkyl halides is 1. The van der Waals surface area contributed by atoms with Crippen molar-refractivity contribution in [2.24, 2.45) is 0 Å². The average molecular weight is 251 g/mol. The second-order valence-electron chi connectivity index (χ2n) is 3.70. The molecule has 0 bridgehead atoms. The minimum atomic E-state index is -0.620. The highest BCUT2D eigenvalue weighted by molar-refractivity contribution is 5.71. The number of nitrogens with zero attached hydrogens (tertiary/aromatic N) is 1. The maximum absolute atomic E-state index is 12.9. The molecule has 96 valence electrons. The number of methoxy groups -OCH3 is 2. The molecule has 0 fully saturated rings. The number of anilines is 1. The van der Waals surface area contributed by atoms with Crippen LogP contribution in [0.5, 0.6) is 11.5 Å². The van der Waals surface area contributed by atoms with Crippen molar-refractivity contribution in [3.05, 3.63) is 23.8 Å². The van der Waals surface area contributed by atoms with Gasteiger partial charge in [0.25, 0.3) is 0 Å². The molecule has 0 saturated heterocycles. The van der Waals surface area contributed by atoms with E-state index in [9.17, 15) is 4.39 Å². The van der Waals surface area contributed by atoms with Crippen LogP contribution in [-0.4, -0.2) is 24.4 Å². The molecule has 5 nitrogen and oxygen atoms in total.